The van der Waals surface area contributed by atoms with E-state index in [2.05, 4.69) is 4.74 Å². The first-order valence-electron chi connectivity index (χ1n) is 10.5. The van der Waals surface area contributed by atoms with Crippen LogP contribution >= 0.6 is 11.3 Å². The Kier molecular flexibility index (Phi) is 9.00. The van der Waals surface area contributed by atoms with E-state index in [0.717, 1.165) is 6.92 Å². The van der Waals surface area contributed by atoms with Gasteiger partial charge in [0.1, 0.15) is 16.1 Å². The first kappa shape index (κ1) is 33.5. The van der Waals surface area contributed by atoms with Gasteiger partial charge < -0.3 is 10.5 Å². The minimum absolute atomic E-state index is 0.0566. The molecule has 2 heterocycles. The number of hydrogen-bond donors (Lipinski definition) is 2. The van der Waals surface area contributed by atoms with Gasteiger partial charge in [-0.05, 0) is 34.9 Å². The number of thiophene rings is 1. The molecule has 1 aliphatic rings. The second kappa shape index (κ2) is 11.3. The summed E-state index contributed by atoms with van der Waals surface area (Å²) in [6.07, 6.45) is -1.28. The van der Waals surface area contributed by atoms with Crippen LogP contribution in [0.25, 0.3) is 0 Å². The zero-order chi connectivity index (χ0) is 32.1. The van der Waals surface area contributed by atoms with Crippen LogP contribution in [0.1, 0.15) is 27.2 Å². The van der Waals surface area contributed by atoms with Gasteiger partial charge in [-0.1, -0.05) is 8.96 Å². The highest BCUT2D eigenvalue weighted by Gasteiger charge is 2.63. The number of rotatable bonds is 11. The fraction of sp³-hybridized carbons (Fsp3) is 0.294. The zero-order valence-corrected chi connectivity index (χ0v) is 24.5. The highest BCUT2D eigenvalue weighted by atomic mass is 32.4. The Hall–Kier alpha value is -2.96. The number of nitrogens with two attached hydrogens (primary N) is 1. The Morgan fingerprint density at radius 3 is 2.21 bits per heavy atom. The van der Waals surface area contributed by atoms with Gasteiger partial charge in [-0.25, -0.2) is 17.2 Å². The van der Waals surface area contributed by atoms with Gasteiger partial charge >= 0.3 is 30.6 Å². The number of nitrogens with zero attached hydrogens (tertiary/aromatic N) is 4. The Morgan fingerprint density at radius 2 is 1.74 bits per heavy atom. The van der Waals surface area contributed by atoms with Gasteiger partial charge in [0.2, 0.25) is 11.7 Å². The molecule has 1 saturated heterocycles. The number of carbonyl (C=O) groups is 1. The van der Waals surface area contributed by atoms with Crippen LogP contribution in [0.4, 0.5) is 23.4 Å². The first-order valence-corrected chi connectivity index (χ1v) is 17.0. The first-order chi connectivity index (χ1) is 19.1. The second-order valence-corrected chi connectivity index (χ2v) is 16.9. The Bertz CT molecular complexity index is 1900. The number of nitriles is 1. The zero-order valence-electron chi connectivity index (χ0n) is 20.4. The van der Waals surface area contributed by atoms with E-state index in [1.54, 1.807) is 0 Å². The van der Waals surface area contributed by atoms with Crippen molar-refractivity contribution in [1.82, 2.24) is 11.6 Å². The number of anilines is 1. The van der Waals surface area contributed by atoms with Crippen LogP contribution in [0, 0.1) is 24.1 Å². The molecule has 1 aromatic heterocycles. The molecule has 1 aliphatic heterocycles. The highest BCUT2D eigenvalue weighted by molar-refractivity contribution is 8.19. The molecule has 0 bridgehead atoms. The van der Waals surface area contributed by atoms with E-state index < -0.39 is 110 Å². The maximum atomic E-state index is 15.7. The molecule has 42 heavy (non-hydrogen) atoms. The van der Waals surface area contributed by atoms with E-state index in [0.29, 0.717) is 24.3 Å². The van der Waals surface area contributed by atoms with Crippen LogP contribution in [0.2, 0.25) is 0 Å². The molecule has 1 aromatic carbocycles. The maximum Gasteiger partial charge on any atom is 0.353 e. The Labute approximate surface area is 239 Å². The topological polar surface area (TPSA) is 234 Å². The van der Waals surface area contributed by atoms with Gasteiger partial charge in [0.15, 0.2) is 4.75 Å². The van der Waals surface area contributed by atoms with E-state index in [4.69, 9.17) is 11.0 Å². The molecule has 1 fully saturated rings. The Morgan fingerprint density at radius 1 is 1.12 bits per heavy atom. The van der Waals surface area contributed by atoms with Crippen LogP contribution in [0.15, 0.2) is 28.5 Å². The van der Waals surface area contributed by atoms with Crippen molar-refractivity contribution < 1.29 is 60.9 Å². The second-order valence-electron chi connectivity index (χ2n) is 8.06. The average molecular weight is 701 g/mol. The summed E-state index contributed by atoms with van der Waals surface area (Å²) >= 11 is 0.0566. The molecule has 3 N–H and O–H groups in total. The SMILES string of the molecule is Cc1sc(S(=O)(=O)N(S(=O)(=O)Nc2ccc(F)c(C#N)c2)S(=O)(=O)N(C2(F)CCOC2)S(=O)(=O)N(F)F)cc1C(N)=O. The Balaban J connectivity index is 2.39. The largest absolute Gasteiger partial charge is 0.376 e. The summed E-state index contributed by atoms with van der Waals surface area (Å²) in [5.74, 6) is -6.45. The molecule has 0 radical (unpaired) electrons. The predicted molar refractivity (Wildman–Crippen MR) is 133 cm³/mol. The molecule has 232 valence electrons. The molecule has 1 atom stereocenters. The molecular weight excluding hydrogens is 685 g/mol. The van der Waals surface area contributed by atoms with Gasteiger partial charge in [0.25, 0.3) is 10.0 Å². The third-order valence-electron chi connectivity index (χ3n) is 5.20. The molecule has 3 rings (SSSR count). The number of amides is 1. The number of sulfonamides is 1. The molecule has 1 amide bonds. The van der Waals surface area contributed by atoms with Gasteiger partial charge in [-0.2, -0.15) is 30.5 Å². The van der Waals surface area contributed by atoms with Crippen molar-refractivity contribution >= 4 is 63.6 Å². The third-order valence-corrected chi connectivity index (χ3v) is 15.7. The standard InChI is InChI=1S/C17H16F4N6O10S5/c1-10-13(16(23)28)7-15(38-10)39(29,30)27(40(31,32)24-12-2-3-14(18)11(6-12)8-22)42(35,36)25(41(33,34)26(20)21)17(19)4-5-37-9-17/h2-3,6-7,24H,4-5,9H2,1H3,(H2,23,28). The quantitative estimate of drug-likeness (QED) is 0.186. The van der Waals surface area contributed by atoms with Crippen molar-refractivity contribution in [2.24, 2.45) is 5.73 Å². The van der Waals surface area contributed by atoms with Crippen LogP contribution in [-0.2, 0) is 45.4 Å². The van der Waals surface area contributed by atoms with E-state index in [1.165, 1.54) is 10.8 Å². The highest BCUT2D eigenvalue weighted by Crippen LogP contribution is 2.40. The van der Waals surface area contributed by atoms with Crippen molar-refractivity contribution in [3.8, 4) is 6.07 Å². The summed E-state index contributed by atoms with van der Waals surface area (Å²) in [4.78, 5) is 11.4. The van der Waals surface area contributed by atoms with E-state index in [1.807, 2.05) is 0 Å². The molecule has 25 heteroatoms. The summed E-state index contributed by atoms with van der Waals surface area (Å²) in [6, 6.07) is 3.25. The lowest BCUT2D eigenvalue weighted by atomic mass is 10.2. The number of halogens is 4. The lowest BCUT2D eigenvalue weighted by molar-refractivity contribution is -0.0658. The summed E-state index contributed by atoms with van der Waals surface area (Å²) in [5, 5.41) is 8.99. The summed E-state index contributed by atoms with van der Waals surface area (Å²) in [6.45, 7) is -1.23. The van der Waals surface area contributed by atoms with E-state index in [9.17, 15) is 51.8 Å². The molecular formula is C17H16F4N6O10S5. The van der Waals surface area contributed by atoms with Crippen LogP contribution in [0.5, 0.6) is 0 Å². The molecule has 2 aromatic rings. The molecule has 0 aliphatic carbocycles. The van der Waals surface area contributed by atoms with E-state index in [-0.39, 0.29) is 16.2 Å². The van der Waals surface area contributed by atoms with Crippen LogP contribution in [-0.4, -0.2) is 70.2 Å². The molecule has 16 nitrogen and oxygen atoms in total. The molecule has 1 unspecified atom stereocenters. The van der Waals surface area contributed by atoms with Gasteiger partial charge in [0, 0.05) is 11.3 Å². The lowest BCUT2D eigenvalue weighted by Crippen LogP contribution is -2.61. The minimum Gasteiger partial charge on any atom is -0.376 e. The van der Waals surface area contributed by atoms with Gasteiger partial charge in [0.05, 0.1) is 33.1 Å². The van der Waals surface area contributed by atoms with Crippen molar-refractivity contribution in [2.75, 3.05) is 17.9 Å². The van der Waals surface area contributed by atoms with Crippen LogP contribution < -0.4 is 10.5 Å². The number of primary amides is 1. The number of nitrogens with one attached hydrogen (secondary N) is 1. The van der Waals surface area contributed by atoms with Gasteiger partial charge in [-0.3, -0.25) is 9.52 Å². The van der Waals surface area contributed by atoms with Crippen molar-refractivity contribution in [3.63, 3.8) is 0 Å². The maximum absolute atomic E-state index is 15.7. The number of alkyl halides is 1. The predicted octanol–water partition coefficient (Wildman–Crippen LogP) is 0.463. The summed E-state index contributed by atoms with van der Waals surface area (Å²) < 4.78 is 161. The average Bonchev–Trinajstić information content (AvgIpc) is 3.45. The normalized spacial score (nSPS) is 18.5. The van der Waals surface area contributed by atoms with Crippen LogP contribution in [0.3, 0.4) is 0 Å². The van der Waals surface area contributed by atoms with Crippen molar-refractivity contribution in [2.45, 2.75) is 23.3 Å². The van der Waals surface area contributed by atoms with Crippen molar-refractivity contribution in [1.29, 1.82) is 5.26 Å². The molecule has 0 saturated carbocycles. The third kappa shape index (κ3) is 5.93. The van der Waals surface area contributed by atoms with Crippen molar-refractivity contribution in [3.05, 3.63) is 46.1 Å². The van der Waals surface area contributed by atoms with Gasteiger partial charge in [-0.15, -0.1) is 11.3 Å². The fourth-order valence-electron chi connectivity index (χ4n) is 3.46. The monoisotopic (exact) mass is 700 g/mol. The summed E-state index contributed by atoms with van der Waals surface area (Å²) in [5.41, 5.74) is 2.83. The number of ether oxygens (including phenoxy) is 1. The fourth-order valence-corrected chi connectivity index (χ4v) is 13.5. The number of benzene rings is 1. The smallest absolute Gasteiger partial charge is 0.353 e. The molecule has 0 spiro atoms. The minimum atomic E-state index is -7.02. The van der Waals surface area contributed by atoms with E-state index >= 15 is 4.39 Å². The number of hydrogen-bond acceptors (Lipinski definition) is 12. The number of aryl methyl sites for hydroxylation is 1. The number of carbonyl (C=O) groups excluding carboxylic acids is 1. The lowest BCUT2D eigenvalue weighted by Gasteiger charge is -2.33. The summed E-state index contributed by atoms with van der Waals surface area (Å²) in [7, 11) is -26.4.